The molecule has 0 aromatic heterocycles. The van der Waals surface area contributed by atoms with Crippen molar-refractivity contribution in [3.63, 3.8) is 0 Å². The lowest BCUT2D eigenvalue weighted by atomic mass is 9.71. The molecule has 1 atom stereocenters. The van der Waals surface area contributed by atoms with E-state index >= 15 is 0 Å². The van der Waals surface area contributed by atoms with Crippen LogP contribution in [0.3, 0.4) is 0 Å². The Balaban J connectivity index is 1.31. The molecule has 0 saturated carbocycles. The van der Waals surface area contributed by atoms with Crippen LogP contribution in [0.4, 0.5) is 0 Å². The average Bonchev–Trinajstić information content (AvgIpc) is 3.11. The lowest BCUT2D eigenvalue weighted by Gasteiger charge is -2.37. The number of hydrogen-bond acceptors (Lipinski definition) is 7. The topological polar surface area (TPSA) is 96.3 Å². The predicted octanol–water partition coefficient (Wildman–Crippen LogP) is 1.42. The van der Waals surface area contributed by atoms with Gasteiger partial charge >= 0.3 is 6.75 Å². The Morgan fingerprint density at radius 2 is 1.72 bits per heavy atom. The largest absolute Gasteiger partial charge is 0.556 e. The fraction of sp³-hybridized carbons (Fsp3) is 0.286. The van der Waals surface area contributed by atoms with Crippen molar-refractivity contribution >= 4 is 59.2 Å². The summed E-state index contributed by atoms with van der Waals surface area (Å²) in [6, 6.07) is 11.9. The predicted molar refractivity (Wildman–Crippen MR) is 129 cm³/mol. The van der Waals surface area contributed by atoms with Crippen molar-refractivity contribution in [2.75, 3.05) is 26.2 Å². The van der Waals surface area contributed by atoms with Crippen molar-refractivity contribution in [3.8, 4) is 0 Å². The molecule has 2 saturated heterocycles. The summed E-state index contributed by atoms with van der Waals surface area (Å²) in [6.07, 6.45) is 1.82. The van der Waals surface area contributed by atoms with E-state index in [0.29, 0.717) is 15.0 Å². The Kier molecular flexibility index (Phi) is 7.19. The summed E-state index contributed by atoms with van der Waals surface area (Å²) in [5.74, 6) is -0.0945. The molecule has 2 aliphatic rings. The summed E-state index contributed by atoms with van der Waals surface area (Å²) in [5, 5.41) is 31.8. The summed E-state index contributed by atoms with van der Waals surface area (Å²) < 4.78 is 0. The molecule has 11 heteroatoms. The van der Waals surface area contributed by atoms with Crippen LogP contribution in [-0.2, 0) is 11.3 Å². The third-order valence-corrected chi connectivity index (χ3v) is 7.47. The first-order chi connectivity index (χ1) is 15.2. The maximum Gasteiger partial charge on any atom is 0.402 e. The van der Waals surface area contributed by atoms with E-state index < -0.39 is 6.75 Å². The van der Waals surface area contributed by atoms with Crippen LogP contribution in [0.5, 0.6) is 0 Å². The van der Waals surface area contributed by atoms with E-state index in [2.05, 4.69) is 15.1 Å². The van der Waals surface area contributed by atoms with Crippen molar-refractivity contribution in [3.05, 3.63) is 68.5 Å². The van der Waals surface area contributed by atoms with Gasteiger partial charge in [0.2, 0.25) is 0 Å². The summed E-state index contributed by atoms with van der Waals surface area (Å²) in [4.78, 5) is 17.6. The first-order valence-electron chi connectivity index (χ1n) is 10.2. The molecular weight excluding hydrogens is 472 g/mol. The Bertz CT molecular complexity index is 1020. The Morgan fingerprint density at radius 1 is 1.03 bits per heavy atom. The number of piperazine rings is 1. The molecule has 2 aromatic carbocycles. The highest BCUT2D eigenvalue weighted by molar-refractivity contribution is 8.05. The first-order valence-corrected chi connectivity index (χ1v) is 11.8. The highest BCUT2D eigenvalue weighted by Gasteiger charge is 2.33. The second-order valence-corrected chi connectivity index (χ2v) is 9.85. The molecule has 2 fully saturated rings. The van der Waals surface area contributed by atoms with Crippen molar-refractivity contribution < 1.29 is 19.9 Å². The number of nitrogens with one attached hydrogen (secondary N) is 1. The molecule has 7 nitrogen and oxygen atoms in total. The maximum atomic E-state index is 12.4. The number of rotatable bonds is 5. The van der Waals surface area contributed by atoms with E-state index in [9.17, 15) is 19.9 Å². The molecule has 2 aromatic rings. The number of amides is 1. The molecule has 0 spiro atoms. The van der Waals surface area contributed by atoms with Crippen molar-refractivity contribution in [2.24, 2.45) is 0 Å². The number of halogens is 2. The smallest absolute Gasteiger partial charge is 0.402 e. The van der Waals surface area contributed by atoms with Gasteiger partial charge < -0.3 is 20.4 Å². The van der Waals surface area contributed by atoms with E-state index in [4.69, 9.17) is 23.2 Å². The van der Waals surface area contributed by atoms with E-state index in [1.54, 1.807) is 24.3 Å². The third kappa shape index (κ3) is 5.67. The minimum absolute atomic E-state index is 0.0945. The van der Waals surface area contributed by atoms with Gasteiger partial charge in [0.05, 0.1) is 15.0 Å². The van der Waals surface area contributed by atoms with Crippen LogP contribution in [0, 0.1) is 0 Å². The van der Waals surface area contributed by atoms with E-state index in [1.807, 2.05) is 12.1 Å². The quantitative estimate of drug-likeness (QED) is 0.368. The van der Waals surface area contributed by atoms with Gasteiger partial charge in [0.25, 0.3) is 5.91 Å². The monoisotopic (exact) mass is 494 g/mol. The molecule has 32 heavy (non-hydrogen) atoms. The second-order valence-electron chi connectivity index (χ2n) is 7.91. The Hall–Kier alpha value is -1.56. The zero-order valence-electron chi connectivity index (χ0n) is 17.1. The van der Waals surface area contributed by atoms with E-state index in [0.717, 1.165) is 43.9 Å². The standard InChI is InChI=1S/C21H23BCl2N3O4S/c23-17-6-3-15(11-18(17)24)12-19-20(28)25-21(32-19)27-9-7-26(8-10-27)13-14-1-4-16(5-2-14)22(29,30)31/h1-6,11-12,21,29-31H,7-10,13H2,(H,25,28)/q-1/b19-12-. The van der Waals surface area contributed by atoms with Crippen LogP contribution in [0.2, 0.25) is 10.0 Å². The van der Waals surface area contributed by atoms with E-state index in [1.165, 1.54) is 23.9 Å². The molecule has 4 N–H and O–H groups in total. The molecular formula is C21H23BCl2N3O4S-. The third-order valence-electron chi connectivity index (χ3n) is 5.53. The van der Waals surface area contributed by atoms with Crippen molar-refractivity contribution in [2.45, 2.75) is 12.0 Å². The number of carbonyl (C=O) groups is 1. The average molecular weight is 495 g/mol. The number of benzene rings is 2. The van der Waals surface area contributed by atoms with Crippen LogP contribution in [-0.4, -0.2) is 69.2 Å². The molecule has 0 radical (unpaired) electrons. The van der Waals surface area contributed by atoms with Gasteiger partial charge in [0.15, 0.2) is 0 Å². The minimum Gasteiger partial charge on any atom is -0.556 e. The Morgan fingerprint density at radius 3 is 2.34 bits per heavy atom. The fourth-order valence-corrected chi connectivity index (χ4v) is 5.14. The molecule has 4 rings (SSSR count). The second kappa shape index (κ2) is 9.74. The SMILES string of the molecule is O=C1NC(N2CCN(Cc3ccc([B-](O)(O)O)cc3)CC2)S/C1=C\c1ccc(Cl)c(Cl)c1. The van der Waals surface area contributed by atoms with Gasteiger partial charge in [0.1, 0.15) is 5.50 Å². The van der Waals surface area contributed by atoms with Crippen LogP contribution < -0.4 is 10.8 Å². The number of thioether (sulfide) groups is 1. The zero-order chi connectivity index (χ0) is 22.9. The van der Waals surface area contributed by atoms with Gasteiger partial charge in [-0.05, 0) is 29.3 Å². The molecule has 1 amide bonds. The van der Waals surface area contributed by atoms with Crippen LogP contribution in [0.1, 0.15) is 11.1 Å². The molecule has 1 unspecified atom stereocenters. The summed E-state index contributed by atoms with van der Waals surface area (Å²) in [6.45, 7) is 0.570. The summed E-state index contributed by atoms with van der Waals surface area (Å²) >= 11 is 13.5. The van der Waals surface area contributed by atoms with Gasteiger partial charge in [0, 0.05) is 32.7 Å². The van der Waals surface area contributed by atoms with Crippen LogP contribution in [0.15, 0.2) is 47.4 Å². The van der Waals surface area contributed by atoms with Gasteiger partial charge in [-0.1, -0.05) is 65.3 Å². The molecule has 2 heterocycles. The van der Waals surface area contributed by atoms with Gasteiger partial charge in [-0.3, -0.25) is 14.6 Å². The Labute approximate surface area is 200 Å². The summed E-state index contributed by atoms with van der Waals surface area (Å²) in [5.41, 5.74) is 1.84. The minimum atomic E-state index is -3.46. The van der Waals surface area contributed by atoms with Crippen LogP contribution in [0.25, 0.3) is 6.08 Å². The van der Waals surface area contributed by atoms with Gasteiger partial charge in [-0.25, -0.2) is 0 Å². The highest BCUT2D eigenvalue weighted by Crippen LogP contribution is 2.33. The van der Waals surface area contributed by atoms with Crippen molar-refractivity contribution in [1.29, 1.82) is 0 Å². The number of nitrogens with zero attached hydrogens (tertiary/aromatic N) is 2. The molecule has 2 aliphatic heterocycles. The fourth-order valence-electron chi connectivity index (χ4n) is 3.70. The molecule has 170 valence electrons. The molecule has 0 aliphatic carbocycles. The lowest BCUT2D eigenvalue weighted by molar-refractivity contribution is -0.117. The van der Waals surface area contributed by atoms with Gasteiger partial charge in [-0.15, -0.1) is 5.46 Å². The number of carbonyl (C=O) groups excluding carboxylic acids is 1. The number of hydrogen-bond donors (Lipinski definition) is 4. The van der Waals surface area contributed by atoms with E-state index in [-0.39, 0.29) is 16.9 Å². The van der Waals surface area contributed by atoms with Gasteiger partial charge in [-0.2, -0.15) is 0 Å². The molecule has 0 bridgehead atoms. The van der Waals surface area contributed by atoms with Crippen LogP contribution >= 0.6 is 35.0 Å². The highest BCUT2D eigenvalue weighted by atomic mass is 35.5. The summed E-state index contributed by atoms with van der Waals surface area (Å²) in [7, 11) is 0. The zero-order valence-corrected chi connectivity index (χ0v) is 19.4. The first kappa shape index (κ1) is 23.6. The lowest BCUT2D eigenvalue weighted by Crippen LogP contribution is -2.52. The normalized spacial score (nSPS) is 21.8. The maximum absolute atomic E-state index is 12.4. The van der Waals surface area contributed by atoms with Crippen molar-refractivity contribution in [1.82, 2.24) is 15.1 Å².